The van der Waals surface area contributed by atoms with E-state index in [9.17, 15) is 4.79 Å². The van der Waals surface area contributed by atoms with Gasteiger partial charge in [-0.1, -0.05) is 6.07 Å². The van der Waals surface area contributed by atoms with Gasteiger partial charge in [0.15, 0.2) is 11.5 Å². The molecule has 0 bridgehead atoms. The maximum absolute atomic E-state index is 12.4. The third-order valence-electron chi connectivity index (χ3n) is 3.76. The van der Waals surface area contributed by atoms with E-state index in [-0.39, 0.29) is 5.91 Å². The fraction of sp³-hybridized carbons (Fsp3) is 0.375. The number of carbonyl (C=O) groups excluding carboxylic acids is 1. The number of carbonyl (C=O) groups is 1. The van der Waals surface area contributed by atoms with Crippen molar-refractivity contribution in [2.45, 2.75) is 19.4 Å². The van der Waals surface area contributed by atoms with Crippen LogP contribution in [-0.4, -0.2) is 29.9 Å². The van der Waals surface area contributed by atoms with E-state index in [1.807, 2.05) is 26.0 Å². The van der Waals surface area contributed by atoms with Gasteiger partial charge in [0.25, 0.3) is 5.91 Å². The highest BCUT2D eigenvalue weighted by molar-refractivity contribution is 5.98. The van der Waals surface area contributed by atoms with Crippen LogP contribution >= 0.6 is 0 Å². The Labute approximate surface area is 135 Å². The standard InChI is InChI=1S/C16H22N4O3/c1-16(2,10-6-7-12(22-4)13(8-10)23-5)19-15(21)11-9-18-20(3)14(11)17/h6-9H,17H2,1-5H3,(H,19,21). The summed E-state index contributed by atoms with van der Waals surface area (Å²) in [7, 11) is 4.84. The van der Waals surface area contributed by atoms with Gasteiger partial charge in [-0.25, -0.2) is 0 Å². The molecule has 2 aromatic rings. The van der Waals surface area contributed by atoms with E-state index in [1.165, 1.54) is 10.9 Å². The summed E-state index contributed by atoms with van der Waals surface area (Å²) >= 11 is 0. The van der Waals surface area contributed by atoms with Crippen LogP contribution in [0.3, 0.4) is 0 Å². The van der Waals surface area contributed by atoms with Crippen molar-refractivity contribution in [3.05, 3.63) is 35.5 Å². The zero-order valence-electron chi connectivity index (χ0n) is 14.0. The maximum atomic E-state index is 12.4. The van der Waals surface area contributed by atoms with Gasteiger partial charge in [0.1, 0.15) is 11.4 Å². The van der Waals surface area contributed by atoms with Gasteiger partial charge in [-0.3, -0.25) is 9.48 Å². The van der Waals surface area contributed by atoms with Gasteiger partial charge in [0, 0.05) is 7.05 Å². The Morgan fingerprint density at radius 2 is 1.91 bits per heavy atom. The predicted molar refractivity (Wildman–Crippen MR) is 87.7 cm³/mol. The van der Waals surface area contributed by atoms with E-state index in [4.69, 9.17) is 15.2 Å². The number of methoxy groups -OCH3 is 2. The van der Waals surface area contributed by atoms with Gasteiger partial charge in [-0.05, 0) is 31.5 Å². The second-order valence-corrected chi connectivity index (χ2v) is 5.72. The lowest BCUT2D eigenvalue weighted by Crippen LogP contribution is -2.41. The number of ether oxygens (including phenoxy) is 2. The second kappa shape index (κ2) is 6.20. The summed E-state index contributed by atoms with van der Waals surface area (Å²) in [6.45, 7) is 3.80. The molecule has 0 radical (unpaired) electrons. The molecule has 7 nitrogen and oxygen atoms in total. The summed E-state index contributed by atoms with van der Waals surface area (Å²) in [6, 6.07) is 5.53. The molecular formula is C16H22N4O3. The number of amides is 1. The van der Waals surface area contributed by atoms with E-state index >= 15 is 0 Å². The first-order valence-corrected chi connectivity index (χ1v) is 7.12. The van der Waals surface area contributed by atoms with Crippen LogP contribution in [-0.2, 0) is 12.6 Å². The summed E-state index contributed by atoms with van der Waals surface area (Å²) in [4.78, 5) is 12.4. The van der Waals surface area contributed by atoms with Crippen LogP contribution in [0.5, 0.6) is 11.5 Å². The minimum absolute atomic E-state index is 0.282. The molecule has 0 aliphatic carbocycles. The van der Waals surface area contributed by atoms with Crippen molar-refractivity contribution in [1.82, 2.24) is 15.1 Å². The predicted octanol–water partition coefficient (Wildman–Crippen LogP) is 1.68. The first kappa shape index (κ1) is 16.7. The first-order chi connectivity index (χ1) is 10.8. The Balaban J connectivity index is 2.28. The Bertz CT molecular complexity index is 722. The Morgan fingerprint density at radius 1 is 1.26 bits per heavy atom. The smallest absolute Gasteiger partial charge is 0.257 e. The van der Waals surface area contributed by atoms with Gasteiger partial charge in [-0.2, -0.15) is 5.10 Å². The van der Waals surface area contributed by atoms with E-state index in [1.54, 1.807) is 27.3 Å². The lowest BCUT2D eigenvalue weighted by atomic mass is 9.93. The van der Waals surface area contributed by atoms with Gasteiger partial charge >= 0.3 is 0 Å². The average Bonchev–Trinajstić information content (AvgIpc) is 2.85. The number of nitrogen functional groups attached to an aromatic ring is 1. The van der Waals surface area contributed by atoms with Crippen LogP contribution in [0, 0.1) is 0 Å². The van der Waals surface area contributed by atoms with Crippen LogP contribution in [0.1, 0.15) is 29.8 Å². The fourth-order valence-corrected chi connectivity index (χ4v) is 2.27. The van der Waals surface area contributed by atoms with E-state index in [0.717, 1.165) is 5.56 Å². The molecule has 7 heteroatoms. The number of nitrogens with one attached hydrogen (secondary N) is 1. The second-order valence-electron chi connectivity index (χ2n) is 5.72. The molecule has 124 valence electrons. The monoisotopic (exact) mass is 318 g/mol. The molecule has 0 saturated carbocycles. The molecule has 0 aliphatic rings. The van der Waals surface area contributed by atoms with E-state index in [2.05, 4.69) is 10.4 Å². The van der Waals surface area contributed by atoms with E-state index < -0.39 is 5.54 Å². The molecular weight excluding hydrogens is 296 g/mol. The molecule has 1 aromatic carbocycles. The molecule has 0 atom stereocenters. The van der Waals surface area contributed by atoms with Crippen molar-refractivity contribution in [1.29, 1.82) is 0 Å². The zero-order valence-corrected chi connectivity index (χ0v) is 14.0. The minimum Gasteiger partial charge on any atom is -0.493 e. The number of benzene rings is 1. The highest BCUT2D eigenvalue weighted by Gasteiger charge is 2.26. The maximum Gasteiger partial charge on any atom is 0.257 e. The summed E-state index contributed by atoms with van der Waals surface area (Å²) < 4.78 is 12.0. The molecule has 0 unspecified atom stereocenters. The van der Waals surface area contributed by atoms with Crippen LogP contribution in [0.2, 0.25) is 0 Å². The summed E-state index contributed by atoms with van der Waals surface area (Å²) in [5.74, 6) is 1.28. The number of aromatic nitrogens is 2. The molecule has 2 rings (SSSR count). The zero-order chi connectivity index (χ0) is 17.2. The lowest BCUT2D eigenvalue weighted by Gasteiger charge is -2.27. The largest absolute Gasteiger partial charge is 0.493 e. The number of hydrogen-bond acceptors (Lipinski definition) is 5. The van der Waals surface area contributed by atoms with Crippen molar-refractivity contribution >= 4 is 11.7 Å². The number of aryl methyl sites for hydroxylation is 1. The molecule has 0 aliphatic heterocycles. The number of rotatable bonds is 5. The number of nitrogens with zero attached hydrogens (tertiary/aromatic N) is 2. The Morgan fingerprint density at radius 3 is 2.43 bits per heavy atom. The lowest BCUT2D eigenvalue weighted by molar-refractivity contribution is 0.0913. The molecule has 0 saturated heterocycles. The Hall–Kier alpha value is -2.70. The number of hydrogen-bond donors (Lipinski definition) is 2. The Kier molecular flexibility index (Phi) is 4.49. The highest BCUT2D eigenvalue weighted by atomic mass is 16.5. The topological polar surface area (TPSA) is 91.4 Å². The normalized spacial score (nSPS) is 11.2. The molecule has 23 heavy (non-hydrogen) atoms. The van der Waals surface area contributed by atoms with Crippen LogP contribution in [0.4, 0.5) is 5.82 Å². The summed E-state index contributed by atoms with van der Waals surface area (Å²) in [5, 5.41) is 6.95. The van der Waals surface area contributed by atoms with Crippen LogP contribution < -0.4 is 20.5 Å². The van der Waals surface area contributed by atoms with Crippen molar-refractivity contribution in [3.8, 4) is 11.5 Å². The van der Waals surface area contributed by atoms with Gasteiger partial charge in [0.05, 0.1) is 26.0 Å². The minimum atomic E-state index is -0.626. The van der Waals surface area contributed by atoms with Crippen LogP contribution in [0.15, 0.2) is 24.4 Å². The molecule has 1 amide bonds. The van der Waals surface area contributed by atoms with Crippen molar-refractivity contribution in [2.24, 2.45) is 7.05 Å². The third kappa shape index (κ3) is 3.23. The van der Waals surface area contributed by atoms with Gasteiger partial charge in [-0.15, -0.1) is 0 Å². The SMILES string of the molecule is COc1ccc(C(C)(C)NC(=O)c2cnn(C)c2N)cc1OC. The van der Waals surface area contributed by atoms with Gasteiger partial charge in [0.2, 0.25) is 0 Å². The third-order valence-corrected chi connectivity index (χ3v) is 3.76. The van der Waals surface area contributed by atoms with Crippen molar-refractivity contribution in [2.75, 3.05) is 20.0 Å². The summed E-state index contributed by atoms with van der Waals surface area (Å²) in [6.07, 6.45) is 1.45. The highest BCUT2D eigenvalue weighted by Crippen LogP contribution is 2.32. The van der Waals surface area contributed by atoms with Gasteiger partial charge < -0.3 is 20.5 Å². The van der Waals surface area contributed by atoms with Crippen molar-refractivity contribution in [3.63, 3.8) is 0 Å². The molecule has 3 N–H and O–H groups in total. The number of anilines is 1. The molecule has 0 fully saturated rings. The van der Waals surface area contributed by atoms with Crippen LogP contribution in [0.25, 0.3) is 0 Å². The quantitative estimate of drug-likeness (QED) is 0.875. The molecule has 1 heterocycles. The fourth-order valence-electron chi connectivity index (χ4n) is 2.27. The molecule has 1 aromatic heterocycles. The summed E-state index contributed by atoms with van der Waals surface area (Å²) in [5.41, 5.74) is 6.45. The molecule has 0 spiro atoms. The average molecular weight is 318 g/mol. The van der Waals surface area contributed by atoms with Crippen molar-refractivity contribution < 1.29 is 14.3 Å². The first-order valence-electron chi connectivity index (χ1n) is 7.12. The number of nitrogens with two attached hydrogens (primary N) is 1. The van der Waals surface area contributed by atoms with E-state index in [0.29, 0.717) is 22.9 Å².